The normalized spacial score (nSPS) is 10.6. The molecule has 0 aliphatic rings. The molecule has 0 aliphatic carbocycles. The number of methoxy groups -OCH3 is 1. The van der Waals surface area contributed by atoms with Gasteiger partial charge in [-0.05, 0) is 43.0 Å². The molecule has 0 radical (unpaired) electrons. The van der Waals surface area contributed by atoms with E-state index in [-0.39, 0.29) is 5.78 Å². The maximum absolute atomic E-state index is 12.4. The Labute approximate surface area is 163 Å². The lowest BCUT2D eigenvalue weighted by atomic mass is 10.1. The van der Waals surface area contributed by atoms with Crippen LogP contribution in [0.2, 0.25) is 0 Å². The number of nitrogens with one attached hydrogen (secondary N) is 1. The summed E-state index contributed by atoms with van der Waals surface area (Å²) < 4.78 is 15.9. The highest BCUT2D eigenvalue weighted by atomic mass is 16.5. The van der Waals surface area contributed by atoms with Crippen LogP contribution in [0.3, 0.4) is 0 Å². The molecule has 28 heavy (non-hydrogen) atoms. The van der Waals surface area contributed by atoms with Gasteiger partial charge >= 0.3 is 5.97 Å². The molecule has 0 heterocycles. The van der Waals surface area contributed by atoms with E-state index in [1.54, 1.807) is 48.5 Å². The van der Waals surface area contributed by atoms with E-state index in [0.29, 0.717) is 41.5 Å². The first-order valence-corrected chi connectivity index (χ1v) is 8.66. The van der Waals surface area contributed by atoms with Crippen LogP contribution >= 0.6 is 0 Å². The molecule has 0 aliphatic heterocycles. The molecule has 0 amide bonds. The number of carbonyl (C=O) groups excluding carboxylic acids is 1. The smallest absolute Gasteiger partial charge is 0.341 e. The minimum Gasteiger partial charge on any atom is -0.493 e. The summed E-state index contributed by atoms with van der Waals surface area (Å²) in [7, 11) is 3.30. The van der Waals surface area contributed by atoms with Gasteiger partial charge in [0.15, 0.2) is 23.9 Å². The van der Waals surface area contributed by atoms with Crippen molar-refractivity contribution in [1.29, 1.82) is 0 Å². The molecule has 2 N–H and O–H groups in total. The van der Waals surface area contributed by atoms with Crippen LogP contribution in [-0.2, 0) is 4.79 Å². The number of likely N-dealkylation sites (N-methyl/N-ethyl adjacent to an activating group) is 1. The van der Waals surface area contributed by atoms with E-state index in [0.717, 1.165) is 0 Å². The SMILES string of the molecule is CNCCOc1cccc(C(=O)/C=C/c2ccc(OCC(=O)O)c(OC)c2)c1. The lowest BCUT2D eigenvalue weighted by Crippen LogP contribution is -2.16. The fourth-order valence-electron chi connectivity index (χ4n) is 2.32. The monoisotopic (exact) mass is 385 g/mol. The molecule has 2 rings (SSSR count). The van der Waals surface area contributed by atoms with E-state index in [9.17, 15) is 9.59 Å². The molecule has 0 atom stereocenters. The molecule has 0 fully saturated rings. The summed E-state index contributed by atoms with van der Waals surface area (Å²) in [6, 6.07) is 12.0. The Kier molecular flexibility index (Phi) is 8.05. The van der Waals surface area contributed by atoms with Crippen LogP contribution < -0.4 is 19.5 Å². The van der Waals surface area contributed by atoms with Gasteiger partial charge in [0, 0.05) is 12.1 Å². The summed E-state index contributed by atoms with van der Waals surface area (Å²) in [4.78, 5) is 23.0. The van der Waals surface area contributed by atoms with Crippen LogP contribution in [0.15, 0.2) is 48.5 Å². The van der Waals surface area contributed by atoms with Gasteiger partial charge in [0.25, 0.3) is 0 Å². The number of allylic oxidation sites excluding steroid dienone is 1. The maximum Gasteiger partial charge on any atom is 0.341 e. The number of rotatable bonds is 11. The zero-order chi connectivity index (χ0) is 20.4. The molecular formula is C21H23NO6. The molecule has 7 heteroatoms. The highest BCUT2D eigenvalue weighted by molar-refractivity contribution is 6.07. The van der Waals surface area contributed by atoms with E-state index in [2.05, 4.69) is 5.32 Å². The first-order chi connectivity index (χ1) is 13.5. The molecule has 0 saturated heterocycles. The molecule has 2 aromatic rings. The van der Waals surface area contributed by atoms with Gasteiger partial charge in [0.2, 0.25) is 0 Å². The van der Waals surface area contributed by atoms with E-state index >= 15 is 0 Å². The van der Waals surface area contributed by atoms with Gasteiger partial charge in [-0.2, -0.15) is 0 Å². The lowest BCUT2D eigenvalue weighted by molar-refractivity contribution is -0.139. The van der Waals surface area contributed by atoms with Crippen LogP contribution in [-0.4, -0.2) is 50.8 Å². The Bertz CT molecular complexity index is 847. The highest BCUT2D eigenvalue weighted by Gasteiger charge is 2.08. The fraction of sp³-hybridized carbons (Fsp3) is 0.238. The summed E-state index contributed by atoms with van der Waals surface area (Å²) in [5.41, 5.74) is 1.24. The van der Waals surface area contributed by atoms with Crippen molar-refractivity contribution < 1.29 is 28.9 Å². The quantitative estimate of drug-likeness (QED) is 0.349. The van der Waals surface area contributed by atoms with Crippen molar-refractivity contribution in [2.24, 2.45) is 0 Å². The summed E-state index contributed by atoms with van der Waals surface area (Å²) in [5.74, 6) is 0.102. The van der Waals surface area contributed by atoms with Crippen LogP contribution in [0.5, 0.6) is 17.2 Å². The Morgan fingerprint density at radius 2 is 1.93 bits per heavy atom. The summed E-state index contributed by atoms with van der Waals surface area (Å²) in [6.07, 6.45) is 3.11. The number of ketones is 1. The van der Waals surface area contributed by atoms with Crippen molar-refractivity contribution in [3.8, 4) is 17.2 Å². The first-order valence-electron chi connectivity index (χ1n) is 8.66. The van der Waals surface area contributed by atoms with Crippen LogP contribution in [0.1, 0.15) is 15.9 Å². The van der Waals surface area contributed by atoms with Crippen LogP contribution in [0.25, 0.3) is 6.08 Å². The summed E-state index contributed by atoms with van der Waals surface area (Å²) >= 11 is 0. The molecule has 0 unspecified atom stereocenters. The second-order valence-electron chi connectivity index (χ2n) is 5.77. The Balaban J connectivity index is 2.07. The lowest BCUT2D eigenvalue weighted by Gasteiger charge is -2.09. The second kappa shape index (κ2) is 10.7. The zero-order valence-electron chi connectivity index (χ0n) is 15.8. The summed E-state index contributed by atoms with van der Waals surface area (Å²) in [5, 5.41) is 11.7. The van der Waals surface area contributed by atoms with Gasteiger partial charge in [0.05, 0.1) is 7.11 Å². The predicted octanol–water partition coefficient (Wildman–Crippen LogP) is 2.65. The third-order valence-electron chi connectivity index (χ3n) is 3.71. The van der Waals surface area contributed by atoms with E-state index in [4.69, 9.17) is 19.3 Å². The van der Waals surface area contributed by atoms with Crippen LogP contribution in [0, 0.1) is 0 Å². The fourth-order valence-corrected chi connectivity index (χ4v) is 2.32. The van der Waals surface area contributed by atoms with Crippen molar-refractivity contribution in [3.63, 3.8) is 0 Å². The van der Waals surface area contributed by atoms with Gasteiger partial charge in [0.1, 0.15) is 12.4 Å². The van der Waals surface area contributed by atoms with Gasteiger partial charge in [-0.15, -0.1) is 0 Å². The number of aliphatic carboxylic acids is 1. The third-order valence-corrected chi connectivity index (χ3v) is 3.71. The molecular weight excluding hydrogens is 362 g/mol. The molecule has 7 nitrogen and oxygen atoms in total. The summed E-state index contributed by atoms with van der Waals surface area (Å²) in [6.45, 7) is 0.767. The van der Waals surface area contributed by atoms with Crippen LogP contribution in [0.4, 0.5) is 0 Å². The Hall–Kier alpha value is -3.32. The van der Waals surface area contributed by atoms with Crippen molar-refractivity contribution in [2.75, 3.05) is 33.9 Å². The number of carboxylic acid groups (broad SMARTS) is 1. The van der Waals surface area contributed by atoms with Gasteiger partial charge in [-0.3, -0.25) is 4.79 Å². The Morgan fingerprint density at radius 1 is 1.11 bits per heavy atom. The number of carboxylic acids is 1. The standard InChI is InChI=1S/C21H23NO6/c1-22-10-11-27-17-5-3-4-16(13-17)18(23)8-6-15-7-9-19(20(12-15)26-2)28-14-21(24)25/h3-9,12-13,22H,10-11,14H2,1-2H3,(H,24,25)/b8-6+. The van der Waals surface area contributed by atoms with E-state index in [1.165, 1.54) is 13.2 Å². The number of benzene rings is 2. The molecule has 0 bridgehead atoms. The molecule has 0 spiro atoms. The molecule has 2 aromatic carbocycles. The molecule has 148 valence electrons. The number of hydrogen-bond acceptors (Lipinski definition) is 6. The van der Waals surface area contributed by atoms with Crippen molar-refractivity contribution in [2.45, 2.75) is 0 Å². The van der Waals surface area contributed by atoms with Crippen molar-refractivity contribution in [1.82, 2.24) is 5.32 Å². The average Bonchev–Trinajstić information content (AvgIpc) is 2.71. The third kappa shape index (κ3) is 6.44. The number of carbonyl (C=O) groups is 2. The zero-order valence-corrected chi connectivity index (χ0v) is 15.8. The first kappa shape index (κ1) is 21.0. The average molecular weight is 385 g/mol. The molecule has 0 saturated carbocycles. The maximum atomic E-state index is 12.4. The van der Waals surface area contributed by atoms with Gasteiger partial charge in [-0.1, -0.05) is 24.3 Å². The number of ether oxygens (including phenoxy) is 3. The highest BCUT2D eigenvalue weighted by Crippen LogP contribution is 2.28. The minimum atomic E-state index is -1.08. The van der Waals surface area contributed by atoms with Crippen molar-refractivity contribution in [3.05, 3.63) is 59.7 Å². The van der Waals surface area contributed by atoms with E-state index in [1.807, 2.05) is 7.05 Å². The van der Waals surface area contributed by atoms with Gasteiger partial charge < -0.3 is 24.6 Å². The number of hydrogen-bond donors (Lipinski definition) is 2. The molecule has 0 aromatic heterocycles. The van der Waals surface area contributed by atoms with E-state index < -0.39 is 12.6 Å². The second-order valence-corrected chi connectivity index (χ2v) is 5.77. The predicted molar refractivity (Wildman–Crippen MR) is 105 cm³/mol. The minimum absolute atomic E-state index is 0.163. The largest absolute Gasteiger partial charge is 0.493 e. The topological polar surface area (TPSA) is 94.1 Å². The van der Waals surface area contributed by atoms with Gasteiger partial charge in [-0.25, -0.2) is 4.79 Å². The van der Waals surface area contributed by atoms with Crippen molar-refractivity contribution >= 4 is 17.8 Å². The Morgan fingerprint density at radius 3 is 2.64 bits per heavy atom.